The average molecular weight is 349 g/mol. The molecule has 0 heterocycles. The molecule has 23 heavy (non-hydrogen) atoms. The lowest BCUT2D eigenvalue weighted by Crippen LogP contribution is -2.41. The van der Waals surface area contributed by atoms with Gasteiger partial charge in [-0.05, 0) is 25.5 Å². The van der Waals surface area contributed by atoms with Crippen LogP contribution in [-0.4, -0.2) is 23.1 Å². The van der Waals surface area contributed by atoms with Crippen molar-refractivity contribution in [3.8, 4) is 0 Å². The third-order valence-electron chi connectivity index (χ3n) is 4.05. The largest absolute Gasteiger partial charge is 0.296 e. The summed E-state index contributed by atoms with van der Waals surface area (Å²) in [6.45, 7) is 6.76. The SMILES string of the molecule is Cc1ccc(S(=O)(=O)OCCC[Si](C)(C)c2ccccc2)cc1. The van der Waals surface area contributed by atoms with Crippen molar-refractivity contribution >= 4 is 23.4 Å². The van der Waals surface area contributed by atoms with Crippen LogP contribution in [0.25, 0.3) is 0 Å². The summed E-state index contributed by atoms with van der Waals surface area (Å²) in [6, 6.07) is 18.2. The second-order valence-electron chi connectivity index (χ2n) is 6.44. The summed E-state index contributed by atoms with van der Waals surface area (Å²) in [5.74, 6) is 0. The van der Waals surface area contributed by atoms with Gasteiger partial charge >= 0.3 is 0 Å². The van der Waals surface area contributed by atoms with Crippen LogP contribution in [-0.2, 0) is 14.3 Å². The number of hydrogen-bond donors (Lipinski definition) is 0. The first-order chi connectivity index (χ1) is 10.8. The first-order valence-corrected chi connectivity index (χ1v) is 12.4. The smallest absolute Gasteiger partial charge is 0.266 e. The monoisotopic (exact) mass is 348 g/mol. The van der Waals surface area contributed by atoms with E-state index in [1.165, 1.54) is 5.19 Å². The van der Waals surface area contributed by atoms with Crippen molar-refractivity contribution in [3.05, 3.63) is 60.2 Å². The van der Waals surface area contributed by atoms with Crippen molar-refractivity contribution in [2.75, 3.05) is 6.61 Å². The van der Waals surface area contributed by atoms with Gasteiger partial charge in [0, 0.05) is 0 Å². The van der Waals surface area contributed by atoms with Crippen LogP contribution in [0.3, 0.4) is 0 Å². The van der Waals surface area contributed by atoms with E-state index in [1.807, 2.05) is 13.0 Å². The molecule has 0 aliphatic carbocycles. The number of benzene rings is 2. The maximum Gasteiger partial charge on any atom is 0.296 e. The molecule has 3 nitrogen and oxygen atoms in total. The van der Waals surface area contributed by atoms with Crippen molar-refractivity contribution < 1.29 is 12.6 Å². The Morgan fingerprint density at radius 2 is 1.57 bits per heavy atom. The highest BCUT2D eigenvalue weighted by molar-refractivity contribution is 7.86. The van der Waals surface area contributed by atoms with Gasteiger partial charge in [-0.3, -0.25) is 4.18 Å². The van der Waals surface area contributed by atoms with Crippen LogP contribution in [0, 0.1) is 6.92 Å². The number of rotatable bonds is 7. The lowest BCUT2D eigenvalue weighted by Gasteiger charge is -2.22. The Morgan fingerprint density at radius 3 is 2.17 bits per heavy atom. The molecule has 0 amide bonds. The Kier molecular flexibility index (Phi) is 5.78. The van der Waals surface area contributed by atoms with Gasteiger partial charge in [-0.15, -0.1) is 0 Å². The van der Waals surface area contributed by atoms with Crippen LogP contribution in [0.5, 0.6) is 0 Å². The first-order valence-electron chi connectivity index (χ1n) is 7.83. The van der Waals surface area contributed by atoms with Gasteiger partial charge in [-0.25, -0.2) is 0 Å². The van der Waals surface area contributed by atoms with Crippen molar-refractivity contribution in [2.45, 2.75) is 37.4 Å². The van der Waals surface area contributed by atoms with Gasteiger partial charge in [0.25, 0.3) is 10.1 Å². The maximum absolute atomic E-state index is 12.1. The summed E-state index contributed by atoms with van der Waals surface area (Å²) in [5, 5.41) is 1.39. The Bertz CT molecular complexity index is 723. The molecule has 2 aromatic rings. The fraction of sp³-hybridized carbons (Fsp3) is 0.333. The Balaban J connectivity index is 1.88. The molecule has 0 fully saturated rings. The molecule has 0 bridgehead atoms. The first kappa shape index (κ1) is 17.9. The summed E-state index contributed by atoms with van der Waals surface area (Å²) < 4.78 is 29.4. The van der Waals surface area contributed by atoms with Crippen LogP contribution in [0.15, 0.2) is 59.5 Å². The van der Waals surface area contributed by atoms with Crippen LogP contribution >= 0.6 is 0 Å². The van der Waals surface area contributed by atoms with Gasteiger partial charge < -0.3 is 0 Å². The molecule has 0 aromatic heterocycles. The van der Waals surface area contributed by atoms with E-state index in [0.29, 0.717) is 0 Å². The average Bonchev–Trinajstić information content (AvgIpc) is 2.53. The minimum absolute atomic E-state index is 0.225. The van der Waals surface area contributed by atoms with Gasteiger partial charge in [-0.1, -0.05) is 72.4 Å². The fourth-order valence-electron chi connectivity index (χ4n) is 2.49. The van der Waals surface area contributed by atoms with Gasteiger partial charge in [0.15, 0.2) is 0 Å². The topological polar surface area (TPSA) is 43.4 Å². The predicted octanol–water partition coefficient (Wildman–Crippen LogP) is 3.71. The number of aryl methyl sites for hydroxylation is 1. The molecular formula is C18H24O3SSi. The Hall–Kier alpha value is -1.43. The molecule has 0 atom stereocenters. The molecule has 0 radical (unpaired) electrons. The molecule has 2 rings (SSSR count). The van der Waals surface area contributed by atoms with E-state index >= 15 is 0 Å². The molecule has 0 aliphatic heterocycles. The van der Waals surface area contributed by atoms with Crippen molar-refractivity contribution in [3.63, 3.8) is 0 Å². The van der Waals surface area contributed by atoms with Gasteiger partial charge in [-0.2, -0.15) is 8.42 Å². The van der Waals surface area contributed by atoms with Crippen LogP contribution in [0.4, 0.5) is 0 Å². The lowest BCUT2D eigenvalue weighted by atomic mass is 10.2. The summed E-state index contributed by atoms with van der Waals surface area (Å²) in [4.78, 5) is 0.225. The standard InChI is InChI=1S/C18H24O3SSi/c1-16-10-12-17(13-11-16)22(19,20)21-14-7-15-23(2,3)18-8-5-4-6-9-18/h4-6,8-13H,7,14-15H2,1-3H3. The molecule has 2 aromatic carbocycles. The third kappa shape index (κ3) is 5.02. The minimum atomic E-state index is -3.64. The summed E-state index contributed by atoms with van der Waals surface area (Å²) in [6.07, 6.45) is 0.749. The molecule has 0 aliphatic rings. The van der Waals surface area contributed by atoms with E-state index in [0.717, 1.165) is 18.0 Å². The van der Waals surface area contributed by atoms with E-state index < -0.39 is 18.2 Å². The minimum Gasteiger partial charge on any atom is -0.266 e. The zero-order valence-corrected chi connectivity index (χ0v) is 15.8. The third-order valence-corrected chi connectivity index (χ3v) is 8.88. The van der Waals surface area contributed by atoms with Crippen LogP contribution in [0.2, 0.25) is 19.1 Å². The molecule has 0 saturated heterocycles. The second-order valence-corrected chi connectivity index (χ2v) is 12.9. The fourth-order valence-corrected chi connectivity index (χ4v) is 5.84. The van der Waals surface area contributed by atoms with Crippen LogP contribution in [0.1, 0.15) is 12.0 Å². The number of hydrogen-bond acceptors (Lipinski definition) is 3. The predicted molar refractivity (Wildman–Crippen MR) is 97.3 cm³/mol. The molecule has 0 N–H and O–H groups in total. The molecule has 0 spiro atoms. The van der Waals surface area contributed by atoms with Crippen molar-refractivity contribution in [1.29, 1.82) is 0 Å². The van der Waals surface area contributed by atoms with E-state index in [9.17, 15) is 8.42 Å². The van der Waals surface area contributed by atoms with Crippen LogP contribution < -0.4 is 5.19 Å². The van der Waals surface area contributed by atoms with Gasteiger partial charge in [0.2, 0.25) is 0 Å². The molecule has 5 heteroatoms. The Labute approximate surface area is 140 Å². The summed E-state index contributed by atoms with van der Waals surface area (Å²) in [5.41, 5.74) is 1.03. The highest BCUT2D eigenvalue weighted by Crippen LogP contribution is 2.16. The molecular weight excluding hydrogens is 324 g/mol. The highest BCUT2D eigenvalue weighted by atomic mass is 32.2. The highest BCUT2D eigenvalue weighted by Gasteiger charge is 2.23. The summed E-state index contributed by atoms with van der Waals surface area (Å²) in [7, 11) is -5.18. The van der Waals surface area contributed by atoms with E-state index in [2.05, 4.69) is 37.4 Å². The lowest BCUT2D eigenvalue weighted by molar-refractivity contribution is 0.317. The van der Waals surface area contributed by atoms with Crippen molar-refractivity contribution in [1.82, 2.24) is 0 Å². The summed E-state index contributed by atoms with van der Waals surface area (Å²) >= 11 is 0. The van der Waals surface area contributed by atoms with Gasteiger partial charge in [0.05, 0.1) is 19.6 Å². The van der Waals surface area contributed by atoms with E-state index in [1.54, 1.807) is 24.3 Å². The maximum atomic E-state index is 12.1. The van der Waals surface area contributed by atoms with E-state index in [4.69, 9.17) is 4.18 Å². The van der Waals surface area contributed by atoms with E-state index in [-0.39, 0.29) is 11.5 Å². The zero-order valence-electron chi connectivity index (χ0n) is 14.0. The molecule has 0 unspecified atom stereocenters. The van der Waals surface area contributed by atoms with Gasteiger partial charge in [0.1, 0.15) is 0 Å². The molecule has 124 valence electrons. The second kappa shape index (κ2) is 7.42. The Morgan fingerprint density at radius 1 is 0.957 bits per heavy atom. The van der Waals surface area contributed by atoms with Crippen molar-refractivity contribution in [2.24, 2.45) is 0 Å². The quantitative estimate of drug-likeness (QED) is 0.435. The normalized spacial score (nSPS) is 12.3. The zero-order chi connectivity index (χ0) is 16.9. The molecule has 0 saturated carbocycles.